The SMILES string of the molecule is O=C(CC1NC(=O)c2ccccc2NC1=O)Nc1nn[nH]n1. The Hall–Kier alpha value is -3.30. The van der Waals surface area contributed by atoms with Crippen LogP contribution in [0.15, 0.2) is 24.3 Å². The molecular weight excluding hydrogens is 290 g/mol. The van der Waals surface area contributed by atoms with Gasteiger partial charge in [0.2, 0.25) is 11.8 Å². The van der Waals surface area contributed by atoms with E-state index in [1.54, 1.807) is 24.3 Å². The number of carbonyl (C=O) groups excluding carboxylic acids is 3. The number of rotatable bonds is 3. The highest BCUT2D eigenvalue weighted by Crippen LogP contribution is 2.18. The first kappa shape index (κ1) is 13.7. The highest BCUT2D eigenvalue weighted by atomic mass is 16.2. The van der Waals surface area contributed by atoms with Crippen molar-refractivity contribution in [2.24, 2.45) is 0 Å². The molecule has 1 unspecified atom stereocenters. The van der Waals surface area contributed by atoms with E-state index < -0.39 is 23.8 Å². The maximum absolute atomic E-state index is 12.1. The lowest BCUT2D eigenvalue weighted by molar-refractivity contribution is -0.122. The Labute approximate surface area is 123 Å². The van der Waals surface area contributed by atoms with Gasteiger partial charge in [-0.25, -0.2) is 0 Å². The molecule has 2 aromatic rings. The maximum Gasteiger partial charge on any atom is 0.269 e. The number of nitrogens with one attached hydrogen (secondary N) is 4. The second-order valence-electron chi connectivity index (χ2n) is 4.55. The quantitative estimate of drug-likeness (QED) is 0.589. The Morgan fingerprint density at radius 3 is 2.86 bits per heavy atom. The fourth-order valence-corrected chi connectivity index (χ4v) is 2.03. The summed E-state index contributed by atoms with van der Waals surface area (Å²) >= 11 is 0. The zero-order chi connectivity index (χ0) is 15.5. The normalized spacial score (nSPS) is 17.0. The molecule has 10 heteroatoms. The highest BCUT2D eigenvalue weighted by Gasteiger charge is 2.29. The second kappa shape index (κ2) is 5.60. The van der Waals surface area contributed by atoms with Crippen molar-refractivity contribution in [3.63, 3.8) is 0 Å². The van der Waals surface area contributed by atoms with Gasteiger partial charge in [-0.2, -0.15) is 5.21 Å². The maximum atomic E-state index is 12.1. The van der Waals surface area contributed by atoms with Gasteiger partial charge in [0.05, 0.1) is 17.7 Å². The molecule has 1 aromatic heterocycles. The monoisotopic (exact) mass is 301 g/mol. The summed E-state index contributed by atoms with van der Waals surface area (Å²) < 4.78 is 0. The molecule has 3 rings (SSSR count). The predicted molar refractivity (Wildman–Crippen MR) is 73.8 cm³/mol. The third-order valence-electron chi connectivity index (χ3n) is 3.04. The van der Waals surface area contributed by atoms with Crippen molar-refractivity contribution in [2.75, 3.05) is 10.6 Å². The van der Waals surface area contributed by atoms with Crippen molar-refractivity contribution in [1.29, 1.82) is 0 Å². The van der Waals surface area contributed by atoms with Gasteiger partial charge in [-0.3, -0.25) is 19.7 Å². The minimum absolute atomic E-state index is 0.00589. The summed E-state index contributed by atoms with van der Waals surface area (Å²) in [6.45, 7) is 0. The summed E-state index contributed by atoms with van der Waals surface area (Å²) in [6, 6.07) is 5.61. The average Bonchev–Trinajstić information content (AvgIpc) is 2.95. The van der Waals surface area contributed by atoms with Crippen LogP contribution in [0.25, 0.3) is 0 Å². The van der Waals surface area contributed by atoms with Crippen LogP contribution in [-0.2, 0) is 9.59 Å². The molecule has 0 aliphatic carbocycles. The van der Waals surface area contributed by atoms with Gasteiger partial charge < -0.3 is 10.6 Å². The number of para-hydroxylation sites is 1. The first-order chi connectivity index (χ1) is 10.6. The highest BCUT2D eigenvalue weighted by molar-refractivity contribution is 6.11. The molecule has 10 nitrogen and oxygen atoms in total. The summed E-state index contributed by atoms with van der Waals surface area (Å²) in [6.07, 6.45) is -0.250. The number of aromatic nitrogens is 4. The van der Waals surface area contributed by atoms with E-state index in [1.165, 1.54) is 0 Å². The third kappa shape index (κ3) is 2.75. The van der Waals surface area contributed by atoms with Crippen LogP contribution in [0.5, 0.6) is 0 Å². The lowest BCUT2D eigenvalue weighted by Gasteiger charge is -2.13. The number of carbonyl (C=O) groups is 3. The van der Waals surface area contributed by atoms with E-state index in [2.05, 4.69) is 36.6 Å². The van der Waals surface area contributed by atoms with E-state index in [9.17, 15) is 14.4 Å². The van der Waals surface area contributed by atoms with Gasteiger partial charge in [0.25, 0.3) is 11.9 Å². The zero-order valence-electron chi connectivity index (χ0n) is 11.2. The number of nitrogens with zero attached hydrogens (tertiary/aromatic N) is 3. The van der Waals surface area contributed by atoms with Gasteiger partial charge in [-0.05, 0) is 17.3 Å². The Morgan fingerprint density at radius 1 is 1.27 bits per heavy atom. The predicted octanol–water partition coefficient (Wildman–Crippen LogP) is -0.721. The molecule has 1 aliphatic heterocycles. The van der Waals surface area contributed by atoms with Gasteiger partial charge >= 0.3 is 0 Å². The van der Waals surface area contributed by atoms with E-state index in [1.807, 2.05) is 0 Å². The molecule has 0 spiro atoms. The lowest BCUT2D eigenvalue weighted by atomic mass is 10.1. The molecule has 3 amide bonds. The number of fused-ring (bicyclic) bond motifs is 1. The first-order valence-corrected chi connectivity index (χ1v) is 6.37. The minimum Gasteiger partial charge on any atom is -0.340 e. The van der Waals surface area contributed by atoms with Crippen molar-refractivity contribution < 1.29 is 14.4 Å². The van der Waals surface area contributed by atoms with E-state index in [0.717, 1.165) is 0 Å². The van der Waals surface area contributed by atoms with E-state index in [0.29, 0.717) is 11.3 Å². The molecule has 0 radical (unpaired) electrons. The molecule has 1 atom stereocenters. The van der Waals surface area contributed by atoms with Crippen molar-refractivity contribution in [3.05, 3.63) is 29.8 Å². The Bertz CT molecular complexity index is 728. The Kier molecular flexibility index (Phi) is 3.48. The number of tetrazole rings is 1. The number of H-pyrrole nitrogens is 1. The number of anilines is 2. The molecule has 112 valence electrons. The Balaban J connectivity index is 1.71. The number of hydrogen-bond donors (Lipinski definition) is 4. The van der Waals surface area contributed by atoms with Crippen LogP contribution in [0.1, 0.15) is 16.8 Å². The molecule has 1 aromatic carbocycles. The molecule has 0 bridgehead atoms. The molecule has 1 aliphatic rings. The summed E-state index contributed by atoms with van der Waals surface area (Å²) in [5, 5.41) is 20.1. The van der Waals surface area contributed by atoms with E-state index in [4.69, 9.17) is 0 Å². The van der Waals surface area contributed by atoms with Gasteiger partial charge in [0, 0.05) is 0 Å². The number of aromatic amines is 1. The van der Waals surface area contributed by atoms with Gasteiger partial charge in [0.1, 0.15) is 6.04 Å². The third-order valence-corrected chi connectivity index (χ3v) is 3.04. The minimum atomic E-state index is -0.994. The molecule has 0 saturated heterocycles. The largest absolute Gasteiger partial charge is 0.340 e. The van der Waals surface area contributed by atoms with Gasteiger partial charge in [0.15, 0.2) is 0 Å². The summed E-state index contributed by atoms with van der Waals surface area (Å²) in [5.74, 6) is -1.42. The van der Waals surface area contributed by atoms with Crippen molar-refractivity contribution in [2.45, 2.75) is 12.5 Å². The molecular formula is C12H11N7O3. The lowest BCUT2D eigenvalue weighted by Crippen LogP contribution is -2.43. The number of benzene rings is 1. The second-order valence-corrected chi connectivity index (χ2v) is 4.55. The smallest absolute Gasteiger partial charge is 0.269 e. The standard InChI is InChI=1S/C12H11N7O3/c20-9(15-12-16-18-19-17-12)5-8-11(22)13-7-4-2-1-3-6(7)10(21)14-8/h1-4,8H,5H2,(H,13,22)(H,14,21)(H2,15,16,17,18,19,20). The Morgan fingerprint density at radius 2 is 2.09 bits per heavy atom. The average molecular weight is 301 g/mol. The van der Waals surface area contributed by atoms with Crippen LogP contribution in [0.2, 0.25) is 0 Å². The van der Waals surface area contributed by atoms with Gasteiger partial charge in [-0.1, -0.05) is 17.2 Å². The van der Waals surface area contributed by atoms with E-state index in [-0.39, 0.29) is 12.4 Å². The van der Waals surface area contributed by atoms with Crippen LogP contribution < -0.4 is 16.0 Å². The fraction of sp³-hybridized carbons (Fsp3) is 0.167. The summed E-state index contributed by atoms with van der Waals surface area (Å²) in [7, 11) is 0. The molecule has 0 saturated carbocycles. The van der Waals surface area contributed by atoms with Crippen LogP contribution in [0, 0.1) is 0 Å². The number of amides is 3. The van der Waals surface area contributed by atoms with Crippen LogP contribution in [0.4, 0.5) is 11.6 Å². The fourth-order valence-electron chi connectivity index (χ4n) is 2.03. The van der Waals surface area contributed by atoms with Crippen LogP contribution in [0.3, 0.4) is 0 Å². The van der Waals surface area contributed by atoms with Gasteiger partial charge in [-0.15, -0.1) is 5.10 Å². The molecule has 0 fully saturated rings. The van der Waals surface area contributed by atoms with Crippen molar-refractivity contribution in [1.82, 2.24) is 25.9 Å². The van der Waals surface area contributed by atoms with Crippen molar-refractivity contribution >= 4 is 29.4 Å². The summed E-state index contributed by atoms with van der Waals surface area (Å²) in [5.41, 5.74) is 0.753. The number of hydrogen-bond acceptors (Lipinski definition) is 6. The van der Waals surface area contributed by atoms with E-state index >= 15 is 0 Å². The summed E-state index contributed by atoms with van der Waals surface area (Å²) in [4.78, 5) is 36.0. The molecule has 4 N–H and O–H groups in total. The first-order valence-electron chi connectivity index (χ1n) is 6.37. The van der Waals surface area contributed by atoms with Crippen molar-refractivity contribution in [3.8, 4) is 0 Å². The molecule has 2 heterocycles. The topological polar surface area (TPSA) is 142 Å². The molecule has 22 heavy (non-hydrogen) atoms. The van der Waals surface area contributed by atoms with Crippen LogP contribution >= 0.6 is 0 Å². The van der Waals surface area contributed by atoms with Crippen LogP contribution in [-0.4, -0.2) is 44.4 Å². The zero-order valence-corrected chi connectivity index (χ0v) is 11.2.